The number of benzene rings is 1. The lowest BCUT2D eigenvalue weighted by Gasteiger charge is -2.05. The lowest BCUT2D eigenvalue weighted by Crippen LogP contribution is -1.99. The van der Waals surface area contributed by atoms with Crippen LogP contribution < -0.4 is 0 Å². The van der Waals surface area contributed by atoms with Crippen molar-refractivity contribution >= 4 is 17.2 Å². The highest BCUT2D eigenvalue weighted by molar-refractivity contribution is 5.97. The van der Waals surface area contributed by atoms with Crippen LogP contribution in [0.5, 0.6) is 0 Å². The zero-order valence-electron chi connectivity index (χ0n) is 10.7. The molecule has 4 heteroatoms. The summed E-state index contributed by atoms with van der Waals surface area (Å²) in [7, 11) is 0. The van der Waals surface area contributed by atoms with Gasteiger partial charge in [0.2, 0.25) is 0 Å². The third-order valence-corrected chi connectivity index (χ3v) is 3.24. The average molecular weight is 261 g/mol. The van der Waals surface area contributed by atoms with E-state index in [1.807, 2.05) is 47.2 Å². The van der Waals surface area contributed by atoms with Gasteiger partial charge in [-0.15, -0.1) is 0 Å². The molecule has 0 N–H and O–H groups in total. The Bertz CT molecular complexity index is 827. The summed E-state index contributed by atoms with van der Waals surface area (Å²) in [6, 6.07) is 13.4. The van der Waals surface area contributed by atoms with Crippen molar-refractivity contribution in [2.75, 3.05) is 0 Å². The summed E-state index contributed by atoms with van der Waals surface area (Å²) in [6.45, 7) is 0.603. The molecule has 0 bridgehead atoms. The van der Waals surface area contributed by atoms with Gasteiger partial charge in [0.1, 0.15) is 11.8 Å². The molecule has 0 aliphatic heterocycles. The van der Waals surface area contributed by atoms with Gasteiger partial charge in [0.05, 0.1) is 0 Å². The lowest BCUT2D eigenvalue weighted by molar-refractivity contribution is 0.112. The molecule has 0 saturated heterocycles. The van der Waals surface area contributed by atoms with Gasteiger partial charge in [0.25, 0.3) is 0 Å². The molecule has 20 heavy (non-hydrogen) atoms. The zero-order valence-corrected chi connectivity index (χ0v) is 10.7. The maximum absolute atomic E-state index is 11.1. The molecule has 0 atom stereocenters. The van der Waals surface area contributed by atoms with Crippen LogP contribution in [-0.4, -0.2) is 15.8 Å². The van der Waals surface area contributed by atoms with Crippen molar-refractivity contribution in [3.8, 4) is 6.07 Å². The molecule has 2 heterocycles. The number of hydrogen-bond acceptors (Lipinski definition) is 3. The second-order valence-electron chi connectivity index (χ2n) is 4.51. The topological polar surface area (TPSA) is 58.7 Å². The van der Waals surface area contributed by atoms with Crippen LogP contribution in [0, 0.1) is 11.3 Å². The molecule has 4 nitrogen and oxygen atoms in total. The number of nitrogens with zero attached hydrogens (tertiary/aromatic N) is 3. The van der Waals surface area contributed by atoms with Gasteiger partial charge >= 0.3 is 0 Å². The number of hydrogen-bond donors (Lipinski definition) is 0. The fraction of sp³-hybridized carbons (Fsp3) is 0.0625. The molecular weight excluding hydrogens is 250 g/mol. The minimum atomic E-state index is 0.398. The Kier molecular flexibility index (Phi) is 3.02. The van der Waals surface area contributed by atoms with Crippen LogP contribution in [0.4, 0.5) is 0 Å². The van der Waals surface area contributed by atoms with Gasteiger partial charge in [-0.25, -0.2) is 4.98 Å². The van der Waals surface area contributed by atoms with Crippen molar-refractivity contribution in [2.24, 2.45) is 0 Å². The van der Waals surface area contributed by atoms with Gasteiger partial charge in [0, 0.05) is 35.4 Å². The molecule has 0 radical (unpaired) electrons. The predicted molar refractivity (Wildman–Crippen MR) is 75.4 cm³/mol. The zero-order chi connectivity index (χ0) is 13.9. The average Bonchev–Trinajstić information content (AvgIpc) is 2.86. The number of nitriles is 1. The SMILES string of the molecule is N#Cc1cc(Cn2cc(C=O)c3ccccc32)ccn1. The highest BCUT2D eigenvalue weighted by Crippen LogP contribution is 2.21. The summed E-state index contributed by atoms with van der Waals surface area (Å²) < 4.78 is 2.01. The van der Waals surface area contributed by atoms with Crippen molar-refractivity contribution in [1.82, 2.24) is 9.55 Å². The van der Waals surface area contributed by atoms with Gasteiger partial charge in [0.15, 0.2) is 6.29 Å². The Balaban J connectivity index is 2.06. The molecule has 0 amide bonds. The molecule has 1 aromatic carbocycles. The molecule has 3 rings (SSSR count). The van der Waals surface area contributed by atoms with Gasteiger partial charge < -0.3 is 4.57 Å². The number of pyridine rings is 1. The van der Waals surface area contributed by atoms with E-state index in [2.05, 4.69) is 4.98 Å². The molecule has 3 aromatic rings. The number of aldehydes is 1. The molecule has 0 unspecified atom stereocenters. The minimum absolute atomic E-state index is 0.398. The van der Waals surface area contributed by atoms with Crippen LogP contribution in [-0.2, 0) is 6.54 Å². The number of carbonyl (C=O) groups is 1. The maximum atomic E-state index is 11.1. The molecular formula is C16H11N3O. The van der Waals surface area contributed by atoms with Crippen molar-refractivity contribution in [1.29, 1.82) is 5.26 Å². The molecule has 0 saturated carbocycles. The Hall–Kier alpha value is -2.93. The summed E-state index contributed by atoms with van der Waals surface area (Å²) in [5.41, 5.74) is 3.06. The molecule has 0 fully saturated rings. The van der Waals surface area contributed by atoms with E-state index < -0.39 is 0 Å². The van der Waals surface area contributed by atoms with Crippen LogP contribution in [0.3, 0.4) is 0 Å². The highest BCUT2D eigenvalue weighted by Gasteiger charge is 2.07. The number of rotatable bonds is 3. The molecule has 96 valence electrons. The van der Waals surface area contributed by atoms with Gasteiger partial charge in [-0.1, -0.05) is 18.2 Å². The second kappa shape index (κ2) is 4.98. The van der Waals surface area contributed by atoms with E-state index >= 15 is 0 Å². The second-order valence-corrected chi connectivity index (χ2v) is 4.51. The van der Waals surface area contributed by atoms with Crippen LogP contribution in [0.25, 0.3) is 10.9 Å². The number of para-hydroxylation sites is 1. The number of aromatic nitrogens is 2. The molecule has 2 aromatic heterocycles. The largest absolute Gasteiger partial charge is 0.342 e. The first-order chi connectivity index (χ1) is 9.81. The number of fused-ring (bicyclic) bond motifs is 1. The molecule has 0 aliphatic rings. The van der Waals surface area contributed by atoms with E-state index in [1.165, 1.54) is 0 Å². The predicted octanol–water partition coefficient (Wildman–Crippen LogP) is 2.77. The Morgan fingerprint density at radius 3 is 2.95 bits per heavy atom. The highest BCUT2D eigenvalue weighted by atomic mass is 16.1. The Morgan fingerprint density at radius 1 is 1.30 bits per heavy atom. The minimum Gasteiger partial charge on any atom is -0.342 e. The first-order valence-electron chi connectivity index (χ1n) is 6.20. The van der Waals surface area contributed by atoms with Gasteiger partial charge in [-0.05, 0) is 23.8 Å². The third-order valence-electron chi connectivity index (χ3n) is 3.24. The van der Waals surface area contributed by atoms with Crippen LogP contribution in [0.2, 0.25) is 0 Å². The van der Waals surface area contributed by atoms with Gasteiger partial charge in [-0.2, -0.15) is 5.26 Å². The maximum Gasteiger partial charge on any atom is 0.152 e. The first kappa shape index (κ1) is 12.1. The van der Waals surface area contributed by atoms with E-state index in [-0.39, 0.29) is 0 Å². The van der Waals surface area contributed by atoms with Crippen molar-refractivity contribution in [3.63, 3.8) is 0 Å². The van der Waals surface area contributed by atoms with Crippen LogP contribution in [0.15, 0.2) is 48.8 Å². The van der Waals surface area contributed by atoms with E-state index in [0.717, 1.165) is 22.8 Å². The summed E-state index contributed by atoms with van der Waals surface area (Å²) in [6.07, 6.45) is 4.33. The van der Waals surface area contributed by atoms with E-state index in [4.69, 9.17) is 5.26 Å². The van der Waals surface area contributed by atoms with Crippen molar-refractivity contribution in [2.45, 2.75) is 6.54 Å². The fourth-order valence-corrected chi connectivity index (χ4v) is 2.33. The normalized spacial score (nSPS) is 10.3. The van der Waals surface area contributed by atoms with Crippen LogP contribution in [0.1, 0.15) is 21.6 Å². The van der Waals surface area contributed by atoms with E-state index in [0.29, 0.717) is 17.8 Å². The molecule has 0 spiro atoms. The Morgan fingerprint density at radius 2 is 2.15 bits per heavy atom. The monoisotopic (exact) mass is 261 g/mol. The summed E-state index contributed by atoms with van der Waals surface area (Å²) in [4.78, 5) is 15.1. The Labute approximate surface area is 115 Å². The number of carbonyl (C=O) groups excluding carboxylic acids is 1. The fourth-order valence-electron chi connectivity index (χ4n) is 2.33. The smallest absolute Gasteiger partial charge is 0.152 e. The van der Waals surface area contributed by atoms with E-state index in [9.17, 15) is 4.79 Å². The van der Waals surface area contributed by atoms with Crippen molar-refractivity contribution in [3.05, 3.63) is 65.6 Å². The van der Waals surface area contributed by atoms with Crippen molar-refractivity contribution < 1.29 is 4.79 Å². The molecule has 0 aliphatic carbocycles. The first-order valence-corrected chi connectivity index (χ1v) is 6.20. The summed E-state index contributed by atoms with van der Waals surface area (Å²) >= 11 is 0. The quantitative estimate of drug-likeness (QED) is 0.681. The van der Waals surface area contributed by atoms with Gasteiger partial charge in [-0.3, -0.25) is 4.79 Å². The lowest BCUT2D eigenvalue weighted by atomic mass is 10.2. The summed E-state index contributed by atoms with van der Waals surface area (Å²) in [5.74, 6) is 0. The van der Waals surface area contributed by atoms with E-state index in [1.54, 1.807) is 12.3 Å². The standard InChI is InChI=1S/C16H11N3O/c17-8-14-7-12(5-6-18-14)9-19-10-13(11-20)15-3-1-2-4-16(15)19/h1-7,10-11H,9H2. The third kappa shape index (κ3) is 2.06. The van der Waals surface area contributed by atoms with Crippen LogP contribution >= 0.6 is 0 Å². The summed E-state index contributed by atoms with van der Waals surface area (Å²) in [5, 5.41) is 9.82.